The molecule has 0 saturated heterocycles. The summed E-state index contributed by atoms with van der Waals surface area (Å²) < 4.78 is 10.3. The van der Waals surface area contributed by atoms with Crippen molar-refractivity contribution in [2.24, 2.45) is 4.99 Å². The number of hydrogen-bond acceptors (Lipinski definition) is 3. The first-order valence-electron chi connectivity index (χ1n) is 5.91. The van der Waals surface area contributed by atoms with Gasteiger partial charge in [0.2, 0.25) is 0 Å². The Bertz CT molecular complexity index is 629. The van der Waals surface area contributed by atoms with Crippen molar-refractivity contribution in [3.05, 3.63) is 48.5 Å². The average molecular weight is 239 g/mol. The number of rotatable bonds is 0. The third-order valence-corrected chi connectivity index (χ3v) is 2.77. The smallest absolute Gasteiger partial charge is 0.169 e. The van der Waals surface area contributed by atoms with Gasteiger partial charge in [0.1, 0.15) is 17.8 Å². The topological polar surface area (TPSA) is 34.7 Å². The van der Waals surface area contributed by atoms with Crippen LogP contribution in [0.2, 0.25) is 0 Å². The number of para-hydroxylation sites is 2. The van der Waals surface area contributed by atoms with Crippen LogP contribution in [0.25, 0.3) is 21.9 Å². The van der Waals surface area contributed by atoms with Crippen molar-refractivity contribution in [2.75, 3.05) is 13.2 Å². The Balaban J connectivity index is 0.000000169. The first-order chi connectivity index (χ1) is 8.95. The van der Waals surface area contributed by atoms with Crippen LogP contribution < -0.4 is 0 Å². The number of fused-ring (bicyclic) bond motifs is 3. The highest BCUT2D eigenvalue weighted by Crippen LogP contribution is 2.27. The van der Waals surface area contributed by atoms with Gasteiger partial charge in [-0.25, -0.2) is 0 Å². The summed E-state index contributed by atoms with van der Waals surface area (Å²) in [5.41, 5.74) is 1.92. The molecule has 0 bridgehead atoms. The van der Waals surface area contributed by atoms with E-state index in [-0.39, 0.29) is 0 Å². The zero-order chi connectivity index (χ0) is 12.2. The molecule has 3 aromatic rings. The highest BCUT2D eigenvalue weighted by Gasteiger charge is 2.03. The number of nitrogens with zero attached hydrogens (tertiary/aromatic N) is 1. The van der Waals surface area contributed by atoms with E-state index < -0.39 is 0 Å². The van der Waals surface area contributed by atoms with Gasteiger partial charge in [0, 0.05) is 10.8 Å². The van der Waals surface area contributed by atoms with Gasteiger partial charge in [0.05, 0.1) is 6.54 Å². The van der Waals surface area contributed by atoms with E-state index in [0.717, 1.165) is 24.3 Å². The predicted molar refractivity (Wildman–Crippen MR) is 73.0 cm³/mol. The largest absolute Gasteiger partial charge is 0.482 e. The van der Waals surface area contributed by atoms with Gasteiger partial charge in [0.25, 0.3) is 0 Å². The minimum absolute atomic E-state index is 0.778. The van der Waals surface area contributed by atoms with Crippen LogP contribution in [-0.2, 0) is 4.74 Å². The minimum atomic E-state index is 0.778. The second-order valence-corrected chi connectivity index (χ2v) is 3.98. The van der Waals surface area contributed by atoms with Crippen LogP contribution in [0.3, 0.4) is 0 Å². The maximum atomic E-state index is 5.65. The molecule has 0 spiro atoms. The summed E-state index contributed by atoms with van der Waals surface area (Å²) in [7, 11) is 0. The van der Waals surface area contributed by atoms with Gasteiger partial charge in [-0.05, 0) is 12.1 Å². The fourth-order valence-corrected chi connectivity index (χ4v) is 1.94. The van der Waals surface area contributed by atoms with E-state index in [1.165, 1.54) is 17.2 Å². The molecule has 0 amide bonds. The molecule has 3 heteroatoms. The molecule has 0 fully saturated rings. The Morgan fingerprint density at radius 2 is 1.44 bits per heavy atom. The lowest BCUT2D eigenvalue weighted by atomic mass is 10.2. The molecule has 90 valence electrons. The van der Waals surface area contributed by atoms with Crippen LogP contribution in [0.5, 0.6) is 0 Å². The second-order valence-electron chi connectivity index (χ2n) is 3.98. The molecule has 0 aliphatic carbocycles. The third kappa shape index (κ3) is 2.07. The standard InChI is InChI=1S/C12H8O.C3H5NO/c1-3-7-11-9(5-1)10-6-2-4-8-12(10)13-11;1-2-5-3-4-1/h1-8H;3H,1-2H2. The molecule has 18 heavy (non-hydrogen) atoms. The van der Waals surface area contributed by atoms with E-state index in [2.05, 4.69) is 21.9 Å². The van der Waals surface area contributed by atoms with Gasteiger partial charge in [-0.15, -0.1) is 0 Å². The first kappa shape index (κ1) is 10.8. The Morgan fingerprint density at radius 3 is 1.89 bits per heavy atom. The number of ether oxygens (including phenoxy) is 1. The molecule has 2 heterocycles. The molecule has 0 radical (unpaired) electrons. The lowest BCUT2D eigenvalue weighted by Crippen LogP contribution is -1.80. The molecule has 1 aliphatic rings. The van der Waals surface area contributed by atoms with Gasteiger partial charge >= 0.3 is 0 Å². The van der Waals surface area contributed by atoms with Crippen molar-refractivity contribution in [3.8, 4) is 0 Å². The van der Waals surface area contributed by atoms with E-state index in [9.17, 15) is 0 Å². The molecule has 1 aliphatic heterocycles. The maximum Gasteiger partial charge on any atom is 0.169 e. The normalized spacial score (nSPS) is 13.3. The van der Waals surface area contributed by atoms with Gasteiger partial charge in [0.15, 0.2) is 6.40 Å². The highest BCUT2D eigenvalue weighted by molar-refractivity contribution is 6.04. The quantitative estimate of drug-likeness (QED) is 0.600. The van der Waals surface area contributed by atoms with Crippen LogP contribution in [-0.4, -0.2) is 19.6 Å². The van der Waals surface area contributed by atoms with Crippen LogP contribution in [0, 0.1) is 0 Å². The van der Waals surface area contributed by atoms with Crippen LogP contribution in [0.15, 0.2) is 57.9 Å². The molecule has 2 aromatic carbocycles. The first-order valence-corrected chi connectivity index (χ1v) is 5.91. The molecule has 0 atom stereocenters. The second kappa shape index (κ2) is 4.92. The van der Waals surface area contributed by atoms with E-state index >= 15 is 0 Å². The summed E-state index contributed by atoms with van der Waals surface area (Å²) in [6, 6.07) is 16.2. The van der Waals surface area contributed by atoms with Crippen molar-refractivity contribution in [1.29, 1.82) is 0 Å². The fraction of sp³-hybridized carbons (Fsp3) is 0.133. The van der Waals surface area contributed by atoms with Crippen molar-refractivity contribution in [3.63, 3.8) is 0 Å². The Hall–Kier alpha value is -2.29. The summed E-state index contributed by atoms with van der Waals surface area (Å²) in [4.78, 5) is 3.74. The van der Waals surface area contributed by atoms with E-state index in [0.29, 0.717) is 0 Å². The van der Waals surface area contributed by atoms with Crippen molar-refractivity contribution >= 4 is 28.3 Å². The van der Waals surface area contributed by atoms with Crippen LogP contribution >= 0.6 is 0 Å². The van der Waals surface area contributed by atoms with Crippen molar-refractivity contribution in [2.45, 2.75) is 0 Å². The third-order valence-electron chi connectivity index (χ3n) is 2.77. The van der Waals surface area contributed by atoms with Crippen LogP contribution in [0.4, 0.5) is 0 Å². The predicted octanol–water partition coefficient (Wildman–Crippen LogP) is 3.63. The molecule has 1 aromatic heterocycles. The SMILES string of the molecule is C1=NCCO1.c1ccc2c(c1)oc1ccccc12. The lowest BCUT2D eigenvalue weighted by Gasteiger charge is -1.85. The summed E-state index contributed by atoms with van der Waals surface area (Å²) >= 11 is 0. The zero-order valence-electron chi connectivity index (χ0n) is 9.87. The molecule has 3 nitrogen and oxygen atoms in total. The van der Waals surface area contributed by atoms with Gasteiger partial charge in [-0.3, -0.25) is 4.99 Å². The van der Waals surface area contributed by atoms with Crippen molar-refractivity contribution in [1.82, 2.24) is 0 Å². The molecule has 0 unspecified atom stereocenters. The lowest BCUT2D eigenvalue weighted by molar-refractivity contribution is 0.361. The Morgan fingerprint density at radius 1 is 0.833 bits per heavy atom. The minimum Gasteiger partial charge on any atom is -0.482 e. The van der Waals surface area contributed by atoms with Crippen LogP contribution in [0.1, 0.15) is 0 Å². The molecule has 0 N–H and O–H groups in total. The summed E-state index contributed by atoms with van der Waals surface area (Å²) in [5, 5.41) is 2.39. The number of benzene rings is 2. The molecular weight excluding hydrogens is 226 g/mol. The molecule has 4 rings (SSSR count). The van der Waals surface area contributed by atoms with Gasteiger partial charge < -0.3 is 9.15 Å². The molecular formula is C15H13NO2. The van der Waals surface area contributed by atoms with E-state index in [4.69, 9.17) is 4.42 Å². The summed E-state index contributed by atoms with van der Waals surface area (Å²) in [5.74, 6) is 0. The van der Waals surface area contributed by atoms with Crippen molar-refractivity contribution < 1.29 is 9.15 Å². The number of furan rings is 1. The average Bonchev–Trinajstić information content (AvgIpc) is 3.10. The number of aliphatic imine (C=N–C) groups is 1. The molecule has 0 saturated carbocycles. The van der Waals surface area contributed by atoms with E-state index in [1.807, 2.05) is 36.4 Å². The Labute approximate surface area is 105 Å². The Kier molecular flexibility index (Phi) is 2.96. The van der Waals surface area contributed by atoms with E-state index in [1.54, 1.807) is 0 Å². The summed E-state index contributed by atoms with van der Waals surface area (Å²) in [6.07, 6.45) is 1.49. The monoisotopic (exact) mass is 239 g/mol. The van der Waals surface area contributed by atoms with Gasteiger partial charge in [-0.1, -0.05) is 36.4 Å². The zero-order valence-corrected chi connectivity index (χ0v) is 9.87. The fourth-order valence-electron chi connectivity index (χ4n) is 1.94. The highest BCUT2D eigenvalue weighted by atomic mass is 16.5. The summed E-state index contributed by atoms with van der Waals surface area (Å²) in [6.45, 7) is 1.62. The number of hydrogen-bond donors (Lipinski definition) is 0. The maximum absolute atomic E-state index is 5.65. The van der Waals surface area contributed by atoms with Gasteiger partial charge in [-0.2, -0.15) is 0 Å².